The van der Waals surface area contributed by atoms with Crippen LogP contribution in [0.5, 0.6) is 0 Å². The molecule has 18 heavy (non-hydrogen) atoms. The molecule has 0 radical (unpaired) electrons. The fourth-order valence-electron chi connectivity index (χ4n) is 1.69. The number of hydrogen-bond acceptors (Lipinski definition) is 4. The van der Waals surface area contributed by atoms with Crippen molar-refractivity contribution in [1.29, 1.82) is 0 Å². The van der Waals surface area contributed by atoms with Crippen molar-refractivity contribution in [3.8, 4) is 0 Å². The van der Waals surface area contributed by atoms with E-state index in [0.29, 0.717) is 12.2 Å². The van der Waals surface area contributed by atoms with Crippen molar-refractivity contribution < 1.29 is 19.0 Å². The molecule has 1 aliphatic heterocycles. The summed E-state index contributed by atoms with van der Waals surface area (Å²) in [5.41, 5.74) is -1.06. The number of ether oxygens (including phenoxy) is 3. The minimum Gasteiger partial charge on any atom is -0.459 e. The summed E-state index contributed by atoms with van der Waals surface area (Å²) < 4.78 is 17.1. The van der Waals surface area contributed by atoms with Crippen molar-refractivity contribution in [3.05, 3.63) is 12.2 Å². The second-order valence-corrected chi connectivity index (χ2v) is 6.22. The largest absolute Gasteiger partial charge is 0.459 e. The van der Waals surface area contributed by atoms with Crippen LogP contribution in [0.15, 0.2) is 12.2 Å². The lowest BCUT2D eigenvalue weighted by Crippen LogP contribution is -2.62. The second-order valence-electron chi connectivity index (χ2n) is 6.22. The SMILES string of the molecule is C=C(C)C(=O)OCC1(C)COC(C)(C)C(C)(C)O1. The van der Waals surface area contributed by atoms with Crippen LogP contribution < -0.4 is 0 Å². The standard InChI is InChI=1S/C14H24O4/c1-10(2)11(15)16-8-14(7)9-17-12(3,4)13(5,6)18-14/h1,8-9H2,2-7H3. The Kier molecular flexibility index (Phi) is 3.94. The van der Waals surface area contributed by atoms with Gasteiger partial charge in [-0.3, -0.25) is 0 Å². The van der Waals surface area contributed by atoms with Gasteiger partial charge in [0.05, 0.1) is 17.8 Å². The minimum absolute atomic E-state index is 0.165. The maximum absolute atomic E-state index is 11.4. The summed E-state index contributed by atoms with van der Waals surface area (Å²) in [6.45, 7) is 15.6. The van der Waals surface area contributed by atoms with Crippen molar-refractivity contribution in [3.63, 3.8) is 0 Å². The van der Waals surface area contributed by atoms with Gasteiger partial charge in [0.2, 0.25) is 0 Å². The molecule has 0 aromatic heterocycles. The van der Waals surface area contributed by atoms with Gasteiger partial charge in [-0.05, 0) is 41.5 Å². The smallest absolute Gasteiger partial charge is 0.333 e. The Bertz CT molecular complexity index is 357. The molecule has 0 aromatic carbocycles. The van der Waals surface area contributed by atoms with E-state index in [1.165, 1.54) is 0 Å². The van der Waals surface area contributed by atoms with Crippen LogP contribution in [0.2, 0.25) is 0 Å². The van der Waals surface area contributed by atoms with Crippen molar-refractivity contribution in [1.82, 2.24) is 0 Å². The molecular weight excluding hydrogens is 232 g/mol. The molecule has 0 N–H and O–H groups in total. The highest BCUT2D eigenvalue weighted by Gasteiger charge is 2.50. The topological polar surface area (TPSA) is 44.8 Å². The highest BCUT2D eigenvalue weighted by Crippen LogP contribution is 2.38. The van der Waals surface area contributed by atoms with E-state index in [1.807, 2.05) is 34.6 Å². The van der Waals surface area contributed by atoms with E-state index in [4.69, 9.17) is 14.2 Å². The predicted molar refractivity (Wildman–Crippen MR) is 69.4 cm³/mol. The van der Waals surface area contributed by atoms with E-state index < -0.39 is 17.2 Å². The summed E-state index contributed by atoms with van der Waals surface area (Å²) in [7, 11) is 0. The zero-order valence-electron chi connectivity index (χ0n) is 12.3. The summed E-state index contributed by atoms with van der Waals surface area (Å²) in [6, 6.07) is 0. The van der Waals surface area contributed by atoms with Gasteiger partial charge in [0.25, 0.3) is 0 Å². The van der Waals surface area contributed by atoms with Crippen LogP contribution in [-0.2, 0) is 19.0 Å². The fourth-order valence-corrected chi connectivity index (χ4v) is 1.69. The highest BCUT2D eigenvalue weighted by molar-refractivity contribution is 5.86. The lowest BCUT2D eigenvalue weighted by molar-refractivity contribution is -0.305. The molecule has 0 aromatic rings. The summed E-state index contributed by atoms with van der Waals surface area (Å²) >= 11 is 0. The number of carbonyl (C=O) groups excluding carboxylic acids is 1. The molecule has 0 spiro atoms. The molecule has 0 aliphatic carbocycles. The van der Waals surface area contributed by atoms with E-state index in [-0.39, 0.29) is 12.2 Å². The van der Waals surface area contributed by atoms with Gasteiger partial charge in [0.1, 0.15) is 12.2 Å². The normalized spacial score (nSPS) is 29.7. The van der Waals surface area contributed by atoms with Gasteiger partial charge < -0.3 is 14.2 Å². The summed E-state index contributed by atoms with van der Waals surface area (Å²) in [5.74, 6) is -0.400. The number of carbonyl (C=O) groups is 1. The predicted octanol–water partition coefficient (Wildman–Crippen LogP) is 2.47. The third kappa shape index (κ3) is 3.12. The van der Waals surface area contributed by atoms with E-state index in [9.17, 15) is 4.79 Å². The Morgan fingerprint density at radius 2 is 1.78 bits per heavy atom. The zero-order chi connectivity index (χ0) is 14.2. The summed E-state index contributed by atoms with van der Waals surface area (Å²) in [5, 5.41) is 0. The first kappa shape index (κ1) is 15.2. The van der Waals surface area contributed by atoms with Crippen molar-refractivity contribution >= 4 is 5.97 Å². The molecule has 1 fully saturated rings. The van der Waals surface area contributed by atoms with Crippen LogP contribution in [-0.4, -0.2) is 36.0 Å². The van der Waals surface area contributed by atoms with Crippen LogP contribution in [0.3, 0.4) is 0 Å². The van der Waals surface area contributed by atoms with Gasteiger partial charge in [0, 0.05) is 5.57 Å². The molecule has 4 heteroatoms. The Hall–Kier alpha value is -0.870. The van der Waals surface area contributed by atoms with Crippen molar-refractivity contribution in [2.24, 2.45) is 0 Å². The van der Waals surface area contributed by atoms with Gasteiger partial charge in [-0.2, -0.15) is 0 Å². The Balaban J connectivity index is 2.67. The molecule has 1 saturated heterocycles. The molecule has 0 amide bonds. The maximum atomic E-state index is 11.4. The maximum Gasteiger partial charge on any atom is 0.333 e. The second kappa shape index (κ2) is 4.67. The number of esters is 1. The first-order chi connectivity index (χ1) is 7.99. The van der Waals surface area contributed by atoms with Crippen LogP contribution in [0.1, 0.15) is 41.5 Å². The van der Waals surface area contributed by atoms with Crippen LogP contribution in [0.4, 0.5) is 0 Å². The summed E-state index contributed by atoms with van der Waals surface area (Å²) in [4.78, 5) is 11.4. The van der Waals surface area contributed by atoms with Crippen LogP contribution >= 0.6 is 0 Å². The van der Waals surface area contributed by atoms with Gasteiger partial charge >= 0.3 is 5.97 Å². The fraction of sp³-hybridized carbons (Fsp3) is 0.786. The molecule has 0 saturated carbocycles. The monoisotopic (exact) mass is 256 g/mol. The van der Waals surface area contributed by atoms with Crippen molar-refractivity contribution in [2.75, 3.05) is 13.2 Å². The third-order valence-corrected chi connectivity index (χ3v) is 3.55. The lowest BCUT2D eigenvalue weighted by atomic mass is 9.86. The summed E-state index contributed by atoms with van der Waals surface area (Å²) in [6.07, 6.45) is 0. The first-order valence-corrected chi connectivity index (χ1v) is 6.16. The Morgan fingerprint density at radius 3 is 2.22 bits per heavy atom. The Morgan fingerprint density at radius 1 is 1.22 bits per heavy atom. The number of hydrogen-bond donors (Lipinski definition) is 0. The minimum atomic E-state index is -0.621. The molecule has 1 atom stereocenters. The van der Waals surface area contributed by atoms with E-state index >= 15 is 0 Å². The highest BCUT2D eigenvalue weighted by atomic mass is 16.6. The van der Waals surface area contributed by atoms with Gasteiger partial charge in [0.15, 0.2) is 0 Å². The van der Waals surface area contributed by atoms with Gasteiger partial charge in [-0.15, -0.1) is 0 Å². The van der Waals surface area contributed by atoms with Crippen LogP contribution in [0, 0.1) is 0 Å². The molecule has 4 nitrogen and oxygen atoms in total. The first-order valence-electron chi connectivity index (χ1n) is 6.16. The molecule has 0 bridgehead atoms. The van der Waals surface area contributed by atoms with Gasteiger partial charge in [-0.1, -0.05) is 6.58 Å². The molecule has 1 unspecified atom stereocenters. The van der Waals surface area contributed by atoms with E-state index in [1.54, 1.807) is 6.92 Å². The van der Waals surface area contributed by atoms with Crippen molar-refractivity contribution in [2.45, 2.75) is 58.3 Å². The van der Waals surface area contributed by atoms with E-state index in [0.717, 1.165) is 0 Å². The molecule has 104 valence electrons. The Labute approximate surface area is 109 Å². The molecule has 1 rings (SSSR count). The average molecular weight is 256 g/mol. The molecule has 1 heterocycles. The molecular formula is C14H24O4. The zero-order valence-corrected chi connectivity index (χ0v) is 12.3. The average Bonchev–Trinajstić information content (AvgIpc) is 2.21. The van der Waals surface area contributed by atoms with Crippen LogP contribution in [0.25, 0.3) is 0 Å². The third-order valence-electron chi connectivity index (χ3n) is 3.55. The van der Waals surface area contributed by atoms with Gasteiger partial charge in [-0.25, -0.2) is 4.79 Å². The molecule has 1 aliphatic rings. The lowest BCUT2D eigenvalue weighted by Gasteiger charge is -2.52. The number of rotatable bonds is 3. The quantitative estimate of drug-likeness (QED) is 0.575. The van der Waals surface area contributed by atoms with E-state index in [2.05, 4.69) is 6.58 Å².